The van der Waals surface area contributed by atoms with E-state index in [-0.39, 0.29) is 57.6 Å². The van der Waals surface area contributed by atoms with E-state index in [1.807, 2.05) is 0 Å². The Bertz CT molecular complexity index is 1850. The molecule has 6 aliphatic rings. The summed E-state index contributed by atoms with van der Waals surface area (Å²) in [7, 11) is 0. The Balaban J connectivity index is 1.10. The Morgan fingerprint density at radius 3 is 2.37 bits per heavy atom. The Hall–Kier alpha value is -2.76. The second kappa shape index (κ2) is 15.1. The van der Waals surface area contributed by atoms with E-state index in [2.05, 4.69) is 66.4 Å². The van der Waals surface area contributed by atoms with Gasteiger partial charge in [0.05, 0.1) is 5.41 Å². The number of aliphatic hydroxyl groups excluding tert-OH is 2. The Labute approximate surface area is 338 Å². The minimum absolute atomic E-state index is 0.0206. The summed E-state index contributed by atoms with van der Waals surface area (Å²) in [6, 6.07) is 1.15. The molecule has 7 rings (SSSR count). The van der Waals surface area contributed by atoms with E-state index in [1.54, 1.807) is 0 Å². The largest absolute Gasteiger partial charge is 0.462 e. The highest BCUT2D eigenvalue weighted by molar-refractivity contribution is 5.79. The maximum absolute atomic E-state index is 14.6. The summed E-state index contributed by atoms with van der Waals surface area (Å²) < 4.78 is 19.4. The number of esters is 2. The van der Waals surface area contributed by atoms with Gasteiger partial charge in [0.2, 0.25) is 0 Å². The van der Waals surface area contributed by atoms with Crippen LogP contribution in [-0.4, -0.2) is 62.7 Å². The number of rotatable bonds is 10. The fourth-order valence-electron chi connectivity index (χ4n) is 13.7. The summed E-state index contributed by atoms with van der Waals surface area (Å²) in [5, 5.41) is 21.8. The summed E-state index contributed by atoms with van der Waals surface area (Å²) in [5.41, 5.74) is -0.668. The van der Waals surface area contributed by atoms with Crippen molar-refractivity contribution in [3.05, 3.63) is 44.8 Å². The zero-order chi connectivity index (χ0) is 41.3. The first kappa shape index (κ1) is 42.4. The van der Waals surface area contributed by atoms with Gasteiger partial charge in [-0.2, -0.15) is 0 Å². The van der Waals surface area contributed by atoms with E-state index in [1.165, 1.54) is 11.8 Å². The van der Waals surface area contributed by atoms with Crippen LogP contribution in [0.25, 0.3) is 0 Å². The molecule has 1 saturated heterocycles. The molecule has 2 heterocycles. The molecule has 11 heteroatoms. The number of unbranched alkanes of at least 4 members (excludes halogenated alkanes) is 3. The molecule has 57 heavy (non-hydrogen) atoms. The average molecular weight is 795 g/mol. The maximum Gasteiger partial charge on any atom is 0.330 e. The van der Waals surface area contributed by atoms with Crippen LogP contribution in [-0.2, 0) is 23.8 Å². The van der Waals surface area contributed by atoms with Crippen molar-refractivity contribution in [2.75, 3.05) is 6.61 Å². The van der Waals surface area contributed by atoms with Crippen molar-refractivity contribution in [3.63, 3.8) is 0 Å². The molecular weight excluding hydrogens is 725 g/mol. The molecule has 0 amide bonds. The molecule has 1 unspecified atom stereocenters. The second-order valence-electron chi connectivity index (χ2n) is 21.2. The average Bonchev–Trinajstić information content (AvgIpc) is 3.42. The van der Waals surface area contributed by atoms with Crippen molar-refractivity contribution >= 4 is 11.9 Å². The predicted octanol–water partition coefficient (Wildman–Crippen LogP) is 7.38. The molecule has 11 nitrogen and oxygen atoms in total. The van der Waals surface area contributed by atoms with Gasteiger partial charge in [0.25, 0.3) is 5.56 Å². The lowest BCUT2D eigenvalue weighted by Crippen LogP contribution is -2.65. The van der Waals surface area contributed by atoms with Crippen molar-refractivity contribution < 1.29 is 34.0 Å². The molecule has 0 radical (unpaired) electrons. The van der Waals surface area contributed by atoms with Crippen LogP contribution in [0.15, 0.2) is 33.5 Å². The molecule has 4 saturated carbocycles. The van der Waals surface area contributed by atoms with Crippen molar-refractivity contribution in [2.24, 2.45) is 50.2 Å². The van der Waals surface area contributed by atoms with E-state index in [0.717, 1.165) is 101 Å². The second-order valence-corrected chi connectivity index (χ2v) is 21.2. The number of carbonyl (C=O) groups is 2. The quantitative estimate of drug-likeness (QED) is 0.125. The molecule has 3 N–H and O–H groups in total. The van der Waals surface area contributed by atoms with Crippen molar-refractivity contribution in [1.29, 1.82) is 0 Å². The Morgan fingerprint density at radius 2 is 1.65 bits per heavy atom. The van der Waals surface area contributed by atoms with Crippen LogP contribution >= 0.6 is 0 Å². The third-order valence-electron chi connectivity index (χ3n) is 17.3. The summed E-state index contributed by atoms with van der Waals surface area (Å²) >= 11 is 0. The summed E-state index contributed by atoms with van der Waals surface area (Å²) in [6.45, 7) is 18.8. The van der Waals surface area contributed by atoms with E-state index in [0.29, 0.717) is 18.3 Å². The monoisotopic (exact) mass is 795 g/mol. The van der Waals surface area contributed by atoms with Crippen LogP contribution in [0.3, 0.4) is 0 Å². The summed E-state index contributed by atoms with van der Waals surface area (Å²) in [4.78, 5) is 53.9. The fraction of sp³-hybridized carbons (Fsp3) is 0.826. The number of nitrogens with one attached hydrogen (secondary N) is 1. The zero-order valence-electron chi connectivity index (χ0n) is 35.9. The number of aromatic amines is 1. The normalized spacial score (nSPS) is 41.8. The Kier molecular flexibility index (Phi) is 11.2. The van der Waals surface area contributed by atoms with Crippen molar-refractivity contribution in [1.82, 2.24) is 9.55 Å². The smallest absolute Gasteiger partial charge is 0.330 e. The molecule has 0 bridgehead atoms. The van der Waals surface area contributed by atoms with Crippen LogP contribution in [0, 0.1) is 50.2 Å². The van der Waals surface area contributed by atoms with Crippen molar-refractivity contribution in [2.45, 2.75) is 182 Å². The number of fused-ring (bicyclic) bond motifs is 7. The van der Waals surface area contributed by atoms with E-state index in [4.69, 9.17) is 14.2 Å². The molecule has 1 aromatic rings. The van der Waals surface area contributed by atoms with Crippen LogP contribution in [0.2, 0.25) is 0 Å². The maximum atomic E-state index is 14.6. The number of carbonyl (C=O) groups excluding carboxylic acids is 2. The van der Waals surface area contributed by atoms with Gasteiger partial charge in [-0.25, -0.2) is 4.79 Å². The third-order valence-corrected chi connectivity index (χ3v) is 17.3. The van der Waals surface area contributed by atoms with Crippen LogP contribution in [0.4, 0.5) is 0 Å². The summed E-state index contributed by atoms with van der Waals surface area (Å²) in [5.74, 6) is 0.612. The minimum atomic E-state index is -1.46. The van der Waals surface area contributed by atoms with Gasteiger partial charge in [0.15, 0.2) is 6.23 Å². The minimum Gasteiger partial charge on any atom is -0.462 e. The number of allylic oxidation sites excluding steroid dienone is 2. The zero-order valence-corrected chi connectivity index (χ0v) is 35.9. The number of aromatic nitrogens is 2. The number of H-pyrrole nitrogens is 1. The van der Waals surface area contributed by atoms with E-state index in [9.17, 15) is 29.4 Å². The van der Waals surface area contributed by atoms with Crippen LogP contribution < -0.4 is 11.2 Å². The van der Waals surface area contributed by atoms with Gasteiger partial charge in [0, 0.05) is 24.1 Å². The molecular formula is C46H70N2O9. The van der Waals surface area contributed by atoms with Gasteiger partial charge in [0.1, 0.15) is 31.0 Å². The lowest BCUT2D eigenvalue weighted by atomic mass is 9.33. The highest BCUT2D eigenvalue weighted by Crippen LogP contribution is 2.76. The van der Waals surface area contributed by atoms with Crippen LogP contribution in [0.1, 0.15) is 158 Å². The molecule has 318 valence electrons. The van der Waals surface area contributed by atoms with Gasteiger partial charge < -0.3 is 24.4 Å². The van der Waals surface area contributed by atoms with Gasteiger partial charge in [-0.15, -0.1) is 0 Å². The first-order valence-electron chi connectivity index (χ1n) is 22.1. The first-order chi connectivity index (χ1) is 26.7. The molecule has 0 spiro atoms. The molecule has 1 aromatic heterocycles. The summed E-state index contributed by atoms with van der Waals surface area (Å²) in [6.07, 6.45) is 12.6. The fourth-order valence-corrected chi connectivity index (χ4v) is 13.7. The number of nitrogens with zero attached hydrogens (tertiary/aromatic N) is 1. The lowest BCUT2D eigenvalue weighted by Gasteiger charge is -2.71. The van der Waals surface area contributed by atoms with Crippen molar-refractivity contribution in [3.8, 4) is 0 Å². The van der Waals surface area contributed by atoms with Crippen LogP contribution in [0.5, 0.6) is 0 Å². The number of aliphatic hydroxyl groups is 2. The SMILES string of the molecule is CCCCCCC(=O)O[C@H]1CC[C@@]2(C)C(CC[C@]3(C)[C@@H]2CC=C2[C@@H]4CC(C)(C)CC[C@]4(C(=O)OC[C@H]4O[C@@H](n5ccc(=O)[nH]c5=O)[C@H](O)[C@@H]4O)CC[C@]23C)C1(C)C. The van der Waals surface area contributed by atoms with E-state index < -0.39 is 41.2 Å². The molecule has 1 aliphatic heterocycles. The molecule has 5 fully saturated rings. The molecule has 5 aliphatic carbocycles. The van der Waals surface area contributed by atoms with Gasteiger partial charge in [-0.05, 0) is 110 Å². The topological polar surface area (TPSA) is 157 Å². The lowest BCUT2D eigenvalue weighted by molar-refractivity contribution is -0.214. The molecule has 12 atom stereocenters. The predicted molar refractivity (Wildman–Crippen MR) is 216 cm³/mol. The third kappa shape index (κ3) is 6.91. The van der Waals surface area contributed by atoms with Gasteiger partial charge >= 0.3 is 17.6 Å². The highest BCUT2D eigenvalue weighted by Gasteiger charge is 2.69. The van der Waals surface area contributed by atoms with Gasteiger partial charge in [-0.3, -0.25) is 23.9 Å². The highest BCUT2D eigenvalue weighted by atomic mass is 16.6. The van der Waals surface area contributed by atoms with E-state index >= 15 is 0 Å². The number of ether oxygens (including phenoxy) is 3. The number of hydrogen-bond donors (Lipinski definition) is 3. The standard InChI is InChI=1S/C46H70N2O9/c1-9-10-11-12-13-35(50)57-33-17-19-43(6)31(42(33,4)5)16-20-45(8)32(43)15-14-28-29-26-41(2,3)21-23-46(29,24-22-44(28,45)7)39(53)55-27-30-36(51)37(52)38(56-30)48-25-18-34(49)47-40(48)54/h14,18,25,29-33,36-38,51-52H,9-13,15-17,19-24,26-27H2,1-8H3,(H,47,49,54)/t29-,30+,31?,32+,33-,36+,37+,38+,43-,44+,45+,46-/m0/s1. The Morgan fingerprint density at radius 1 is 0.912 bits per heavy atom. The number of hydrogen-bond acceptors (Lipinski definition) is 9. The first-order valence-corrected chi connectivity index (χ1v) is 22.1. The van der Waals surface area contributed by atoms with Gasteiger partial charge in [-0.1, -0.05) is 86.3 Å². The molecule has 0 aromatic carbocycles.